The lowest BCUT2D eigenvalue weighted by molar-refractivity contribution is -0.122. The van der Waals surface area contributed by atoms with E-state index in [1.807, 2.05) is 25.3 Å². The van der Waals surface area contributed by atoms with Gasteiger partial charge in [0.15, 0.2) is 16.7 Å². The lowest BCUT2D eigenvalue weighted by Crippen LogP contribution is -2.28. The van der Waals surface area contributed by atoms with Crippen molar-refractivity contribution in [3.05, 3.63) is 77.3 Å². The lowest BCUT2D eigenvalue weighted by atomic mass is 9.84. The monoisotopic (exact) mass is 413 g/mol. The van der Waals surface area contributed by atoms with Gasteiger partial charge in [0.1, 0.15) is 5.92 Å². The SMILES string of the molecule is CSCC(C)C(=O)C(C(=O)c1ccccc1)c1cn(-c2cccnc2)nc1Cl. The molecule has 7 heteroatoms. The van der Waals surface area contributed by atoms with Gasteiger partial charge in [-0.25, -0.2) is 4.68 Å². The van der Waals surface area contributed by atoms with Crippen molar-refractivity contribution < 1.29 is 9.59 Å². The number of halogens is 1. The highest BCUT2D eigenvalue weighted by molar-refractivity contribution is 7.98. The van der Waals surface area contributed by atoms with Crippen molar-refractivity contribution >= 4 is 34.9 Å². The summed E-state index contributed by atoms with van der Waals surface area (Å²) in [6.07, 6.45) is 6.88. The van der Waals surface area contributed by atoms with E-state index in [0.29, 0.717) is 22.6 Å². The van der Waals surface area contributed by atoms with Crippen molar-refractivity contribution in [2.75, 3.05) is 12.0 Å². The molecule has 0 fully saturated rings. The summed E-state index contributed by atoms with van der Waals surface area (Å²) in [5.41, 5.74) is 1.59. The fourth-order valence-electron chi connectivity index (χ4n) is 2.99. The summed E-state index contributed by atoms with van der Waals surface area (Å²) >= 11 is 7.96. The van der Waals surface area contributed by atoms with Gasteiger partial charge in [-0.2, -0.15) is 16.9 Å². The average Bonchev–Trinajstić information content (AvgIpc) is 3.11. The van der Waals surface area contributed by atoms with Crippen LogP contribution in [0.5, 0.6) is 0 Å². The van der Waals surface area contributed by atoms with Crippen molar-refractivity contribution in [3.8, 4) is 5.69 Å². The summed E-state index contributed by atoms with van der Waals surface area (Å²) in [5, 5.41) is 4.44. The van der Waals surface area contributed by atoms with Crippen molar-refractivity contribution in [1.29, 1.82) is 0 Å². The van der Waals surface area contributed by atoms with Crippen LogP contribution in [0.25, 0.3) is 5.69 Å². The summed E-state index contributed by atoms with van der Waals surface area (Å²) in [4.78, 5) is 30.5. The van der Waals surface area contributed by atoms with Crippen LogP contribution >= 0.6 is 23.4 Å². The molecule has 0 N–H and O–H groups in total. The zero-order valence-electron chi connectivity index (χ0n) is 15.6. The van der Waals surface area contributed by atoms with E-state index in [-0.39, 0.29) is 22.6 Å². The Morgan fingerprint density at radius 2 is 1.93 bits per heavy atom. The number of carbonyl (C=O) groups is 2. The Bertz CT molecular complexity index is 960. The Balaban J connectivity index is 2.05. The van der Waals surface area contributed by atoms with Crippen LogP contribution < -0.4 is 0 Å². The summed E-state index contributed by atoms with van der Waals surface area (Å²) in [5.74, 6) is -1.08. The number of Topliss-reactive ketones (excluding diaryl/α,β-unsaturated/α-hetero) is 2. The van der Waals surface area contributed by atoms with Crippen LogP contribution in [0.4, 0.5) is 0 Å². The molecule has 3 rings (SSSR count). The van der Waals surface area contributed by atoms with Gasteiger partial charge < -0.3 is 0 Å². The normalized spacial score (nSPS) is 13.1. The molecule has 0 saturated heterocycles. The first-order chi connectivity index (χ1) is 13.5. The number of thioether (sulfide) groups is 1. The zero-order valence-corrected chi connectivity index (χ0v) is 17.2. The maximum atomic E-state index is 13.3. The van der Waals surface area contributed by atoms with Crippen molar-refractivity contribution in [2.24, 2.45) is 5.92 Å². The van der Waals surface area contributed by atoms with Crippen LogP contribution in [-0.2, 0) is 4.79 Å². The van der Waals surface area contributed by atoms with Crippen LogP contribution in [0, 0.1) is 5.92 Å². The molecule has 2 atom stereocenters. The third-order valence-electron chi connectivity index (χ3n) is 4.42. The summed E-state index contributed by atoms with van der Waals surface area (Å²) < 4.78 is 1.54. The molecule has 0 bridgehead atoms. The number of hydrogen-bond donors (Lipinski definition) is 0. The fraction of sp³-hybridized carbons (Fsp3) is 0.238. The minimum Gasteiger partial charge on any atom is -0.298 e. The van der Waals surface area contributed by atoms with Crippen LogP contribution in [0.3, 0.4) is 0 Å². The first-order valence-corrected chi connectivity index (χ1v) is 10.6. The predicted molar refractivity (Wildman–Crippen MR) is 112 cm³/mol. The van der Waals surface area contributed by atoms with Crippen LogP contribution in [-0.4, -0.2) is 38.3 Å². The molecule has 1 aromatic carbocycles. The first kappa shape index (κ1) is 20.3. The van der Waals surface area contributed by atoms with Crippen LogP contribution in [0.1, 0.15) is 28.8 Å². The van der Waals surface area contributed by atoms with Gasteiger partial charge in [0.05, 0.1) is 11.9 Å². The van der Waals surface area contributed by atoms with Gasteiger partial charge >= 0.3 is 0 Å². The molecular formula is C21H20ClN3O2S. The standard InChI is InChI=1S/C21H20ClN3O2S/c1-14(13-28-2)19(26)18(20(27)15-7-4-3-5-8-15)17-12-25(24-21(17)22)16-9-6-10-23-11-16/h3-12,14,18H,13H2,1-2H3. The van der Waals surface area contributed by atoms with E-state index in [2.05, 4.69) is 10.1 Å². The minimum atomic E-state index is -0.998. The third kappa shape index (κ3) is 4.34. The number of aromatic nitrogens is 3. The Morgan fingerprint density at radius 3 is 2.57 bits per heavy atom. The molecule has 0 aliphatic heterocycles. The van der Waals surface area contributed by atoms with Gasteiger partial charge in [0.2, 0.25) is 0 Å². The second-order valence-electron chi connectivity index (χ2n) is 6.45. The molecular weight excluding hydrogens is 394 g/mol. The second kappa shape index (κ2) is 9.17. The number of nitrogens with zero attached hydrogens (tertiary/aromatic N) is 3. The fourth-order valence-corrected chi connectivity index (χ4v) is 3.89. The van der Waals surface area contributed by atoms with Crippen molar-refractivity contribution in [1.82, 2.24) is 14.8 Å². The molecule has 2 unspecified atom stereocenters. The number of rotatable bonds is 8. The van der Waals surface area contributed by atoms with Crippen LogP contribution in [0.15, 0.2) is 61.1 Å². The molecule has 0 amide bonds. The highest BCUT2D eigenvalue weighted by atomic mass is 35.5. The highest BCUT2D eigenvalue weighted by Crippen LogP contribution is 2.31. The Kier molecular flexibility index (Phi) is 6.65. The van der Waals surface area contributed by atoms with E-state index >= 15 is 0 Å². The first-order valence-electron chi connectivity index (χ1n) is 8.80. The molecule has 5 nitrogen and oxygen atoms in total. The molecule has 0 aliphatic carbocycles. The van der Waals surface area contributed by atoms with Crippen LogP contribution in [0.2, 0.25) is 5.15 Å². The smallest absolute Gasteiger partial charge is 0.177 e. The molecule has 0 radical (unpaired) electrons. The Labute approximate surface area is 173 Å². The zero-order chi connectivity index (χ0) is 20.1. The number of carbonyl (C=O) groups excluding carboxylic acids is 2. The van der Waals surface area contributed by atoms with E-state index in [1.165, 1.54) is 0 Å². The molecule has 2 aromatic heterocycles. The number of benzene rings is 1. The maximum absolute atomic E-state index is 13.3. The number of hydrogen-bond acceptors (Lipinski definition) is 5. The van der Waals surface area contributed by atoms with E-state index in [9.17, 15) is 9.59 Å². The lowest BCUT2D eigenvalue weighted by Gasteiger charge is -2.18. The quantitative estimate of drug-likeness (QED) is 0.403. The largest absolute Gasteiger partial charge is 0.298 e. The number of ketones is 2. The molecule has 0 saturated carbocycles. The maximum Gasteiger partial charge on any atom is 0.177 e. The average molecular weight is 414 g/mol. The van der Waals surface area contributed by atoms with Gasteiger partial charge in [-0.1, -0.05) is 48.9 Å². The predicted octanol–water partition coefficient (Wildman–Crippen LogP) is 4.46. The number of pyridine rings is 1. The van der Waals surface area contributed by atoms with Crippen molar-refractivity contribution in [3.63, 3.8) is 0 Å². The van der Waals surface area contributed by atoms with Gasteiger partial charge in [-0.3, -0.25) is 14.6 Å². The highest BCUT2D eigenvalue weighted by Gasteiger charge is 2.35. The van der Waals surface area contributed by atoms with E-state index in [4.69, 9.17) is 11.6 Å². The molecule has 28 heavy (non-hydrogen) atoms. The van der Waals surface area contributed by atoms with Gasteiger partial charge in [-0.15, -0.1) is 0 Å². The Morgan fingerprint density at radius 1 is 1.18 bits per heavy atom. The van der Waals surface area contributed by atoms with E-state index in [1.54, 1.807) is 65.4 Å². The molecule has 3 aromatic rings. The summed E-state index contributed by atoms with van der Waals surface area (Å²) in [6.45, 7) is 1.84. The van der Waals surface area contributed by atoms with E-state index in [0.717, 1.165) is 0 Å². The third-order valence-corrected chi connectivity index (χ3v) is 5.55. The topological polar surface area (TPSA) is 64.8 Å². The molecule has 2 heterocycles. The second-order valence-corrected chi connectivity index (χ2v) is 7.72. The Hall–Kier alpha value is -2.44. The van der Waals surface area contributed by atoms with Crippen molar-refractivity contribution in [2.45, 2.75) is 12.8 Å². The van der Waals surface area contributed by atoms with E-state index < -0.39 is 5.92 Å². The molecule has 144 valence electrons. The van der Waals surface area contributed by atoms with Gasteiger partial charge in [-0.05, 0) is 18.4 Å². The van der Waals surface area contributed by atoms with Gasteiger partial charge in [0, 0.05) is 35.2 Å². The summed E-state index contributed by atoms with van der Waals surface area (Å²) in [7, 11) is 0. The molecule has 0 aliphatic rings. The molecule has 0 spiro atoms. The van der Waals surface area contributed by atoms with Gasteiger partial charge in [0.25, 0.3) is 0 Å². The summed E-state index contributed by atoms with van der Waals surface area (Å²) in [6, 6.07) is 12.4. The minimum absolute atomic E-state index is 0.142.